The molecule has 25 heavy (non-hydrogen) atoms. The summed E-state index contributed by atoms with van der Waals surface area (Å²) < 4.78 is 5.41. The second-order valence-corrected chi connectivity index (χ2v) is 6.82. The zero-order valence-corrected chi connectivity index (χ0v) is 14.4. The molecular weight excluding hydrogens is 318 g/mol. The average molecular weight is 341 g/mol. The molecule has 2 saturated heterocycles. The maximum absolute atomic E-state index is 11.8. The molecule has 7 nitrogen and oxygen atoms in total. The van der Waals surface area contributed by atoms with Gasteiger partial charge >= 0.3 is 6.03 Å². The smallest absolute Gasteiger partial charge is 0.317 e. The minimum Gasteiger partial charge on any atom is -0.336 e. The van der Waals surface area contributed by atoms with Crippen molar-refractivity contribution >= 4 is 6.03 Å². The summed E-state index contributed by atoms with van der Waals surface area (Å²) in [5.41, 5.74) is 2.13. The third kappa shape index (κ3) is 3.51. The van der Waals surface area contributed by atoms with Gasteiger partial charge < -0.3 is 14.7 Å². The van der Waals surface area contributed by atoms with Gasteiger partial charge in [0, 0.05) is 37.8 Å². The number of aryl methyl sites for hydroxylation is 1. The molecule has 1 aromatic heterocycles. The van der Waals surface area contributed by atoms with Crippen molar-refractivity contribution < 1.29 is 9.32 Å². The van der Waals surface area contributed by atoms with Crippen molar-refractivity contribution in [1.82, 2.24) is 25.3 Å². The van der Waals surface area contributed by atoms with Crippen molar-refractivity contribution in [2.24, 2.45) is 0 Å². The molecule has 0 saturated carbocycles. The Morgan fingerprint density at radius 1 is 1.28 bits per heavy atom. The summed E-state index contributed by atoms with van der Waals surface area (Å²) in [6.07, 6.45) is 1.99. The van der Waals surface area contributed by atoms with Crippen LogP contribution >= 0.6 is 0 Å². The predicted octanol–water partition coefficient (Wildman–Crippen LogP) is 2.03. The quantitative estimate of drug-likeness (QED) is 0.921. The number of hydrogen-bond acceptors (Lipinski definition) is 5. The molecule has 1 N–H and O–H groups in total. The molecule has 7 heteroatoms. The number of amides is 2. The minimum atomic E-state index is 0.0828. The average Bonchev–Trinajstić information content (AvgIpc) is 3.25. The molecule has 0 spiro atoms. The Hall–Kier alpha value is -2.41. The maximum Gasteiger partial charge on any atom is 0.317 e. The van der Waals surface area contributed by atoms with Crippen LogP contribution < -0.4 is 5.32 Å². The number of nitrogens with zero attached hydrogens (tertiary/aromatic N) is 4. The van der Waals surface area contributed by atoms with Crippen molar-refractivity contribution in [2.75, 3.05) is 26.2 Å². The number of benzene rings is 1. The molecule has 0 atom stereocenters. The topological polar surface area (TPSA) is 74.5 Å². The molecule has 2 aliphatic heterocycles. The van der Waals surface area contributed by atoms with Crippen LogP contribution in [-0.4, -0.2) is 58.2 Å². The lowest BCUT2D eigenvalue weighted by Gasteiger charge is -2.35. The van der Waals surface area contributed by atoms with Gasteiger partial charge in [0.15, 0.2) is 5.82 Å². The molecule has 2 fully saturated rings. The molecule has 0 unspecified atom stereocenters. The van der Waals surface area contributed by atoms with Crippen LogP contribution in [0.15, 0.2) is 28.8 Å². The van der Waals surface area contributed by atoms with Gasteiger partial charge in [-0.25, -0.2) is 4.79 Å². The van der Waals surface area contributed by atoms with Gasteiger partial charge in [-0.1, -0.05) is 22.9 Å². The summed E-state index contributed by atoms with van der Waals surface area (Å²) in [6, 6.07) is 8.51. The van der Waals surface area contributed by atoms with E-state index in [1.165, 1.54) is 5.56 Å². The van der Waals surface area contributed by atoms with Crippen LogP contribution in [0.5, 0.6) is 0 Å². The van der Waals surface area contributed by atoms with E-state index in [4.69, 9.17) is 4.52 Å². The van der Waals surface area contributed by atoms with E-state index in [1.807, 2.05) is 36.1 Å². The van der Waals surface area contributed by atoms with Gasteiger partial charge in [0.05, 0.1) is 6.54 Å². The highest BCUT2D eigenvalue weighted by atomic mass is 16.5. The van der Waals surface area contributed by atoms with Crippen molar-refractivity contribution in [3.63, 3.8) is 0 Å². The molecule has 2 aromatic rings. The van der Waals surface area contributed by atoms with Crippen molar-refractivity contribution in [2.45, 2.75) is 32.4 Å². The van der Waals surface area contributed by atoms with Gasteiger partial charge in [0.1, 0.15) is 0 Å². The molecule has 0 bridgehead atoms. The van der Waals surface area contributed by atoms with E-state index in [9.17, 15) is 4.79 Å². The normalized spacial score (nSPS) is 19.4. The molecular formula is C18H23N5O2. The number of carbonyl (C=O) groups is 1. The molecule has 0 aliphatic carbocycles. The van der Waals surface area contributed by atoms with Crippen LogP contribution in [0.2, 0.25) is 0 Å². The Morgan fingerprint density at radius 3 is 2.84 bits per heavy atom. The first-order chi connectivity index (χ1) is 12.2. The van der Waals surface area contributed by atoms with Crippen LogP contribution in [0.3, 0.4) is 0 Å². The fourth-order valence-corrected chi connectivity index (χ4v) is 3.64. The summed E-state index contributed by atoms with van der Waals surface area (Å²) in [7, 11) is 0. The monoisotopic (exact) mass is 341 g/mol. The summed E-state index contributed by atoms with van der Waals surface area (Å²) in [6.45, 7) is 6.23. The molecule has 4 rings (SSSR count). The largest absolute Gasteiger partial charge is 0.336 e. The van der Waals surface area contributed by atoms with Crippen LogP contribution in [0.1, 0.15) is 24.2 Å². The lowest BCUT2D eigenvalue weighted by molar-refractivity contribution is 0.130. The van der Waals surface area contributed by atoms with Gasteiger partial charge in [-0.15, -0.1) is 0 Å². The van der Waals surface area contributed by atoms with Crippen molar-refractivity contribution in [1.29, 1.82) is 0 Å². The Balaban J connectivity index is 1.34. The number of aromatic nitrogens is 2. The van der Waals surface area contributed by atoms with Gasteiger partial charge in [0.2, 0.25) is 0 Å². The minimum absolute atomic E-state index is 0.0828. The highest BCUT2D eigenvalue weighted by Gasteiger charge is 2.30. The van der Waals surface area contributed by atoms with Crippen LogP contribution in [0.25, 0.3) is 11.5 Å². The van der Waals surface area contributed by atoms with Crippen LogP contribution in [0.4, 0.5) is 4.79 Å². The fraction of sp³-hybridized carbons (Fsp3) is 0.500. The Morgan fingerprint density at radius 2 is 2.12 bits per heavy atom. The number of carbonyl (C=O) groups excluding carboxylic acids is 1. The van der Waals surface area contributed by atoms with Crippen LogP contribution in [0, 0.1) is 6.92 Å². The molecule has 132 valence electrons. The molecule has 2 aliphatic rings. The second-order valence-electron chi connectivity index (χ2n) is 6.82. The number of hydrogen-bond donors (Lipinski definition) is 1. The third-order valence-corrected chi connectivity index (χ3v) is 4.99. The lowest BCUT2D eigenvalue weighted by Crippen LogP contribution is -2.45. The number of nitrogens with one attached hydrogen (secondary N) is 1. The van der Waals surface area contributed by atoms with Gasteiger partial charge in [0.25, 0.3) is 5.89 Å². The fourth-order valence-electron chi connectivity index (χ4n) is 3.64. The Kier molecular flexibility index (Phi) is 4.40. The van der Waals surface area contributed by atoms with Crippen molar-refractivity contribution in [3.05, 3.63) is 35.7 Å². The number of rotatable bonds is 4. The van der Waals surface area contributed by atoms with E-state index in [0.717, 1.165) is 44.6 Å². The van der Waals surface area contributed by atoms with E-state index in [0.29, 0.717) is 24.3 Å². The van der Waals surface area contributed by atoms with E-state index in [-0.39, 0.29) is 6.03 Å². The maximum atomic E-state index is 11.8. The second kappa shape index (κ2) is 6.84. The van der Waals surface area contributed by atoms with E-state index in [2.05, 4.69) is 20.4 Å². The summed E-state index contributed by atoms with van der Waals surface area (Å²) in [5, 5.41) is 7.00. The first-order valence-corrected chi connectivity index (χ1v) is 8.85. The number of piperidine rings is 1. The number of likely N-dealkylation sites (tertiary alicyclic amines) is 1. The standard InChI is InChI=1S/C18H23N5O2/c1-13-3-2-4-14(11-13)17-20-16(21-25-17)12-22-8-5-15(6-9-22)23-10-7-19-18(23)24/h2-4,11,15H,5-10,12H2,1H3,(H,19,24). The molecule has 2 amide bonds. The molecule has 3 heterocycles. The third-order valence-electron chi connectivity index (χ3n) is 4.99. The lowest BCUT2D eigenvalue weighted by atomic mass is 10.0. The highest BCUT2D eigenvalue weighted by molar-refractivity contribution is 5.76. The van der Waals surface area contributed by atoms with Gasteiger partial charge in [-0.3, -0.25) is 4.90 Å². The first kappa shape index (κ1) is 16.1. The van der Waals surface area contributed by atoms with Crippen molar-refractivity contribution in [3.8, 4) is 11.5 Å². The molecule has 1 aromatic carbocycles. The number of urea groups is 1. The Labute approximate surface area is 147 Å². The zero-order valence-electron chi connectivity index (χ0n) is 14.4. The highest BCUT2D eigenvalue weighted by Crippen LogP contribution is 2.21. The predicted molar refractivity (Wildman–Crippen MR) is 92.9 cm³/mol. The SMILES string of the molecule is Cc1cccc(-c2nc(CN3CCC(N4CCNC4=O)CC3)no2)c1. The van der Waals surface area contributed by atoms with Gasteiger partial charge in [-0.2, -0.15) is 4.98 Å². The molecule has 0 radical (unpaired) electrons. The van der Waals surface area contributed by atoms with Crippen LogP contribution in [-0.2, 0) is 6.54 Å². The zero-order chi connectivity index (χ0) is 17.2. The van der Waals surface area contributed by atoms with E-state index < -0.39 is 0 Å². The summed E-state index contributed by atoms with van der Waals surface area (Å²) in [4.78, 5) is 20.6. The van der Waals surface area contributed by atoms with E-state index >= 15 is 0 Å². The summed E-state index contributed by atoms with van der Waals surface area (Å²) >= 11 is 0. The Bertz CT molecular complexity index is 751. The summed E-state index contributed by atoms with van der Waals surface area (Å²) in [5.74, 6) is 1.29. The van der Waals surface area contributed by atoms with E-state index in [1.54, 1.807) is 0 Å². The first-order valence-electron chi connectivity index (χ1n) is 8.85. The van der Waals surface area contributed by atoms with Gasteiger partial charge in [-0.05, 0) is 31.9 Å².